The van der Waals surface area contributed by atoms with Gasteiger partial charge in [0.05, 0.1) is 6.04 Å². The Balaban J connectivity index is 1.73. The van der Waals surface area contributed by atoms with Gasteiger partial charge >= 0.3 is 0 Å². The van der Waals surface area contributed by atoms with E-state index in [1.165, 1.54) is 0 Å². The van der Waals surface area contributed by atoms with Crippen LogP contribution in [0.1, 0.15) is 38.3 Å². The molecule has 0 spiro atoms. The van der Waals surface area contributed by atoms with Gasteiger partial charge in [0.15, 0.2) is 6.10 Å². The summed E-state index contributed by atoms with van der Waals surface area (Å²) in [4.78, 5) is 29.5. The largest absolute Gasteiger partial charge is 0.356 e. The number of carbonyl (C=O) groups is 2. The fourth-order valence-electron chi connectivity index (χ4n) is 3.59. The monoisotopic (exact) mass is 359 g/mol. The maximum Gasteiger partial charge on any atom is 0.251 e. The van der Waals surface area contributed by atoms with Crippen LogP contribution in [0.5, 0.6) is 0 Å². The van der Waals surface area contributed by atoms with E-state index in [9.17, 15) is 9.59 Å². The molecule has 1 heterocycles. The van der Waals surface area contributed by atoms with Crippen LogP contribution in [0.25, 0.3) is 0 Å². The van der Waals surface area contributed by atoms with Crippen LogP contribution in [0.3, 0.4) is 0 Å². The van der Waals surface area contributed by atoms with Crippen LogP contribution in [0, 0.1) is 0 Å². The van der Waals surface area contributed by atoms with Crippen LogP contribution in [0.2, 0.25) is 0 Å². The maximum absolute atomic E-state index is 12.8. The van der Waals surface area contributed by atoms with Crippen molar-refractivity contribution in [1.29, 1.82) is 0 Å². The maximum atomic E-state index is 12.8. The minimum Gasteiger partial charge on any atom is -0.356 e. The Kier molecular flexibility index (Phi) is 6.27. The molecule has 6 heteroatoms. The Hall–Kier alpha value is -1.92. The molecule has 2 aliphatic rings. The molecule has 0 bridgehead atoms. The van der Waals surface area contributed by atoms with Gasteiger partial charge in [-0.15, -0.1) is 0 Å². The van der Waals surface area contributed by atoms with Gasteiger partial charge in [0, 0.05) is 19.1 Å². The molecule has 0 unspecified atom stereocenters. The molecule has 26 heavy (non-hydrogen) atoms. The van der Waals surface area contributed by atoms with E-state index < -0.39 is 6.10 Å². The van der Waals surface area contributed by atoms with Gasteiger partial charge in [-0.05, 0) is 31.5 Å². The molecule has 0 aromatic heterocycles. The molecule has 1 aromatic rings. The van der Waals surface area contributed by atoms with Gasteiger partial charge in [-0.3, -0.25) is 9.59 Å². The molecule has 1 aromatic carbocycles. The van der Waals surface area contributed by atoms with E-state index in [1.54, 1.807) is 0 Å². The van der Waals surface area contributed by atoms with E-state index in [0.717, 1.165) is 38.0 Å². The van der Waals surface area contributed by atoms with Crippen LogP contribution in [0.15, 0.2) is 30.3 Å². The first-order chi connectivity index (χ1) is 12.7. The number of morpholine rings is 1. The zero-order valence-electron chi connectivity index (χ0n) is 15.7. The number of likely N-dealkylation sites (N-methyl/N-ethyl adjacent to an activating group) is 1. The van der Waals surface area contributed by atoms with Crippen molar-refractivity contribution in [2.24, 2.45) is 0 Å². The van der Waals surface area contributed by atoms with Crippen molar-refractivity contribution in [2.75, 3.05) is 32.8 Å². The third-order valence-electron chi connectivity index (χ3n) is 5.22. The van der Waals surface area contributed by atoms with Crippen molar-refractivity contribution in [3.05, 3.63) is 35.9 Å². The number of nitrogens with zero attached hydrogens (tertiary/aromatic N) is 2. The third kappa shape index (κ3) is 4.24. The molecule has 0 radical (unpaired) electrons. The predicted molar refractivity (Wildman–Crippen MR) is 99.6 cm³/mol. The average Bonchev–Trinajstić information content (AvgIpc) is 3.50. The predicted octanol–water partition coefficient (Wildman–Crippen LogP) is 1.58. The molecule has 6 nitrogen and oxygen atoms in total. The summed E-state index contributed by atoms with van der Waals surface area (Å²) in [5.74, 6) is -0.155. The number of amides is 2. The summed E-state index contributed by atoms with van der Waals surface area (Å²) in [6.07, 6.45) is 1.35. The summed E-state index contributed by atoms with van der Waals surface area (Å²) in [7, 11) is 0. The van der Waals surface area contributed by atoms with E-state index in [4.69, 9.17) is 4.74 Å². The van der Waals surface area contributed by atoms with Gasteiger partial charge in [-0.25, -0.2) is 0 Å². The highest BCUT2D eigenvalue weighted by atomic mass is 16.5. The van der Waals surface area contributed by atoms with Gasteiger partial charge in [-0.2, -0.15) is 0 Å². The first kappa shape index (κ1) is 18.9. The van der Waals surface area contributed by atoms with E-state index in [1.807, 2.05) is 35.2 Å². The zero-order chi connectivity index (χ0) is 18.5. The van der Waals surface area contributed by atoms with Crippen LogP contribution in [0.4, 0.5) is 0 Å². The van der Waals surface area contributed by atoms with Crippen LogP contribution < -0.4 is 5.32 Å². The van der Waals surface area contributed by atoms with E-state index in [2.05, 4.69) is 24.1 Å². The van der Waals surface area contributed by atoms with Crippen molar-refractivity contribution in [3.63, 3.8) is 0 Å². The highest BCUT2D eigenvalue weighted by molar-refractivity contribution is 5.86. The summed E-state index contributed by atoms with van der Waals surface area (Å²) in [5, 5.41) is 3.00. The third-order valence-corrected chi connectivity index (χ3v) is 5.22. The lowest BCUT2D eigenvalue weighted by Gasteiger charge is -2.40. The lowest BCUT2D eigenvalue weighted by molar-refractivity contribution is -0.165. The van der Waals surface area contributed by atoms with Crippen molar-refractivity contribution < 1.29 is 14.3 Å². The van der Waals surface area contributed by atoms with Crippen molar-refractivity contribution >= 4 is 11.8 Å². The topological polar surface area (TPSA) is 61.9 Å². The highest BCUT2D eigenvalue weighted by Crippen LogP contribution is 2.39. The summed E-state index contributed by atoms with van der Waals surface area (Å²) in [6.45, 7) is 7.52. The SMILES string of the molecule is CCN(CC)CCNC(=O)[C@@H]1OCC(=O)N(C2CC2)[C@H]1c1ccccc1. The standard InChI is InChI=1S/C20H29N3O3/c1-3-22(4-2)13-12-21-20(25)19-18(15-8-6-5-7-9-15)23(16-10-11-16)17(24)14-26-19/h5-9,16,18-19H,3-4,10-14H2,1-2H3,(H,21,25)/t18-,19+/m0/s1. The fraction of sp³-hybridized carbons (Fsp3) is 0.600. The van der Waals surface area contributed by atoms with Gasteiger partial charge in [0.1, 0.15) is 6.61 Å². The van der Waals surface area contributed by atoms with Crippen molar-refractivity contribution in [3.8, 4) is 0 Å². The Morgan fingerprint density at radius 2 is 1.92 bits per heavy atom. The molecule has 3 rings (SSSR count). The molecule has 2 atom stereocenters. The molecular formula is C20H29N3O3. The number of ether oxygens (including phenoxy) is 1. The van der Waals surface area contributed by atoms with Crippen molar-refractivity contribution in [1.82, 2.24) is 15.1 Å². The lowest BCUT2D eigenvalue weighted by atomic mass is 9.97. The average molecular weight is 359 g/mol. The Morgan fingerprint density at radius 3 is 2.54 bits per heavy atom. The smallest absolute Gasteiger partial charge is 0.251 e. The Morgan fingerprint density at radius 1 is 1.23 bits per heavy atom. The number of hydrogen-bond donors (Lipinski definition) is 1. The van der Waals surface area contributed by atoms with Crippen LogP contribution in [-0.2, 0) is 14.3 Å². The molecule has 1 N–H and O–H groups in total. The second-order valence-corrected chi connectivity index (χ2v) is 6.94. The minimum absolute atomic E-state index is 0.0199. The first-order valence-corrected chi connectivity index (χ1v) is 9.63. The lowest BCUT2D eigenvalue weighted by Crippen LogP contribution is -2.55. The molecule has 1 saturated heterocycles. The summed E-state index contributed by atoms with van der Waals surface area (Å²) in [6, 6.07) is 9.65. The number of benzene rings is 1. The number of hydrogen-bond acceptors (Lipinski definition) is 4. The highest BCUT2D eigenvalue weighted by Gasteiger charge is 2.47. The van der Waals surface area contributed by atoms with E-state index in [-0.39, 0.29) is 30.5 Å². The normalized spacial score (nSPS) is 23.3. The van der Waals surface area contributed by atoms with Crippen molar-refractivity contribution in [2.45, 2.75) is 44.9 Å². The van der Waals surface area contributed by atoms with E-state index >= 15 is 0 Å². The minimum atomic E-state index is -0.660. The second kappa shape index (κ2) is 8.64. The summed E-state index contributed by atoms with van der Waals surface area (Å²) < 4.78 is 5.72. The fourth-order valence-corrected chi connectivity index (χ4v) is 3.59. The zero-order valence-corrected chi connectivity index (χ0v) is 15.7. The Labute approximate surface area is 155 Å². The number of carbonyl (C=O) groups excluding carboxylic acids is 2. The molecule has 2 amide bonds. The molecule has 2 fully saturated rings. The molecule has 1 saturated carbocycles. The van der Waals surface area contributed by atoms with Gasteiger partial charge in [0.2, 0.25) is 5.91 Å². The van der Waals surface area contributed by atoms with Crippen LogP contribution >= 0.6 is 0 Å². The number of nitrogens with one attached hydrogen (secondary N) is 1. The molecule has 1 aliphatic heterocycles. The van der Waals surface area contributed by atoms with Gasteiger partial charge in [0.25, 0.3) is 5.91 Å². The van der Waals surface area contributed by atoms with E-state index in [0.29, 0.717) is 6.54 Å². The first-order valence-electron chi connectivity index (χ1n) is 9.63. The van der Waals surface area contributed by atoms with Gasteiger partial charge < -0.3 is 19.9 Å². The summed E-state index contributed by atoms with van der Waals surface area (Å²) >= 11 is 0. The number of rotatable bonds is 8. The quantitative estimate of drug-likeness (QED) is 0.765. The summed E-state index contributed by atoms with van der Waals surface area (Å²) in [5.41, 5.74) is 0.955. The van der Waals surface area contributed by atoms with Gasteiger partial charge in [-0.1, -0.05) is 44.2 Å². The molecular weight excluding hydrogens is 330 g/mol. The Bertz CT molecular complexity index is 614. The second-order valence-electron chi connectivity index (χ2n) is 6.94. The molecule has 142 valence electrons. The molecule has 1 aliphatic carbocycles. The van der Waals surface area contributed by atoms with Crippen LogP contribution in [-0.4, -0.2) is 66.5 Å².